The molecule has 1 unspecified atom stereocenters. The van der Waals surface area contributed by atoms with Crippen molar-refractivity contribution in [2.75, 3.05) is 10.6 Å². The molecule has 5 heteroatoms. The van der Waals surface area contributed by atoms with Crippen LogP contribution in [-0.2, 0) is 4.79 Å². The summed E-state index contributed by atoms with van der Waals surface area (Å²) in [7, 11) is 0. The first-order valence-electron chi connectivity index (χ1n) is 9.67. The second-order valence-electron chi connectivity index (χ2n) is 6.82. The number of rotatable bonds is 5. The Morgan fingerprint density at radius 3 is 2.10 bits per heavy atom. The molecule has 1 amide bonds. The van der Waals surface area contributed by atoms with Gasteiger partial charge in [0.1, 0.15) is 6.04 Å². The van der Waals surface area contributed by atoms with Gasteiger partial charge in [0, 0.05) is 16.8 Å². The molecule has 0 radical (unpaired) electrons. The molecule has 0 aliphatic heterocycles. The van der Waals surface area contributed by atoms with Gasteiger partial charge in [-0.3, -0.25) is 4.79 Å². The summed E-state index contributed by atoms with van der Waals surface area (Å²) in [5, 5.41) is 11.9. The van der Waals surface area contributed by atoms with E-state index in [1.165, 1.54) is 0 Å². The van der Waals surface area contributed by atoms with Gasteiger partial charge < -0.3 is 16.0 Å². The van der Waals surface area contributed by atoms with Gasteiger partial charge in [0.15, 0.2) is 5.11 Å². The van der Waals surface area contributed by atoms with Crippen LogP contribution in [0.25, 0.3) is 10.8 Å². The fraction of sp³-hybridized carbons (Fsp3) is 0.0400. The summed E-state index contributed by atoms with van der Waals surface area (Å²) in [6, 6.07) is 32.4. The van der Waals surface area contributed by atoms with E-state index < -0.39 is 6.04 Å². The van der Waals surface area contributed by atoms with Crippen molar-refractivity contribution < 1.29 is 4.79 Å². The fourth-order valence-electron chi connectivity index (χ4n) is 3.31. The first-order valence-corrected chi connectivity index (χ1v) is 10.1. The van der Waals surface area contributed by atoms with Gasteiger partial charge in [0.25, 0.3) is 5.91 Å². The van der Waals surface area contributed by atoms with Crippen molar-refractivity contribution in [2.45, 2.75) is 6.04 Å². The van der Waals surface area contributed by atoms with Crippen LogP contribution in [0.5, 0.6) is 0 Å². The van der Waals surface area contributed by atoms with Crippen LogP contribution in [0, 0.1) is 0 Å². The first-order chi connectivity index (χ1) is 14.7. The normalized spacial score (nSPS) is 11.5. The number of benzene rings is 4. The van der Waals surface area contributed by atoms with Crippen LogP contribution in [0.15, 0.2) is 103 Å². The van der Waals surface area contributed by atoms with E-state index in [9.17, 15) is 4.79 Å². The number of amides is 1. The number of fused-ring (bicyclic) bond motifs is 1. The highest BCUT2D eigenvalue weighted by atomic mass is 32.1. The van der Waals surface area contributed by atoms with Crippen molar-refractivity contribution >= 4 is 45.4 Å². The zero-order chi connectivity index (χ0) is 20.8. The molecular weight excluding hydrogens is 390 g/mol. The molecule has 0 fully saturated rings. The maximum Gasteiger partial charge on any atom is 0.251 e. The lowest BCUT2D eigenvalue weighted by Gasteiger charge is -2.21. The molecule has 0 heterocycles. The monoisotopic (exact) mass is 411 g/mol. The SMILES string of the molecule is O=C(Nc1ccccc1)C(NC(=S)Nc1cccc2ccccc12)c1ccccc1. The number of hydrogen-bond acceptors (Lipinski definition) is 2. The van der Waals surface area contributed by atoms with Crippen LogP contribution in [0.2, 0.25) is 0 Å². The highest BCUT2D eigenvalue weighted by molar-refractivity contribution is 7.80. The molecule has 0 saturated heterocycles. The van der Waals surface area contributed by atoms with Gasteiger partial charge in [-0.25, -0.2) is 0 Å². The zero-order valence-corrected chi connectivity index (χ0v) is 17.0. The Kier molecular flexibility index (Phi) is 6.01. The van der Waals surface area contributed by atoms with Crippen molar-refractivity contribution in [1.29, 1.82) is 0 Å². The average Bonchev–Trinajstić information content (AvgIpc) is 2.79. The van der Waals surface area contributed by atoms with E-state index in [0.717, 1.165) is 27.7 Å². The highest BCUT2D eigenvalue weighted by Crippen LogP contribution is 2.23. The number of carbonyl (C=O) groups is 1. The standard InChI is InChI=1S/C25H21N3OS/c29-24(26-20-14-5-2-6-15-20)23(19-11-3-1-4-12-19)28-25(30)27-22-17-9-13-18-10-7-8-16-21(18)22/h1-17,23H,(H,26,29)(H2,27,28,30). The number of nitrogens with one attached hydrogen (secondary N) is 3. The Morgan fingerprint density at radius 2 is 1.33 bits per heavy atom. The largest absolute Gasteiger partial charge is 0.347 e. The molecule has 0 aliphatic carbocycles. The molecule has 0 aliphatic rings. The predicted octanol–water partition coefficient (Wildman–Crippen LogP) is 5.51. The molecule has 0 bridgehead atoms. The van der Waals surface area contributed by atoms with Gasteiger partial charge in [-0.05, 0) is 41.4 Å². The highest BCUT2D eigenvalue weighted by Gasteiger charge is 2.21. The van der Waals surface area contributed by atoms with E-state index in [1.54, 1.807) is 0 Å². The number of carbonyl (C=O) groups excluding carboxylic acids is 1. The zero-order valence-electron chi connectivity index (χ0n) is 16.2. The molecule has 0 saturated carbocycles. The van der Waals surface area contributed by atoms with Gasteiger partial charge >= 0.3 is 0 Å². The van der Waals surface area contributed by atoms with E-state index in [-0.39, 0.29) is 5.91 Å². The predicted molar refractivity (Wildman–Crippen MR) is 128 cm³/mol. The Bertz CT molecular complexity index is 1160. The third-order valence-electron chi connectivity index (χ3n) is 4.75. The summed E-state index contributed by atoms with van der Waals surface area (Å²) >= 11 is 5.56. The van der Waals surface area contributed by atoms with Gasteiger partial charge in [-0.2, -0.15) is 0 Å². The van der Waals surface area contributed by atoms with Crippen molar-refractivity contribution in [3.8, 4) is 0 Å². The minimum atomic E-state index is -0.638. The third kappa shape index (κ3) is 4.64. The molecule has 0 spiro atoms. The molecule has 0 aromatic heterocycles. The molecule has 4 nitrogen and oxygen atoms in total. The van der Waals surface area contributed by atoms with Crippen molar-refractivity contribution in [3.05, 3.63) is 109 Å². The van der Waals surface area contributed by atoms with E-state index in [4.69, 9.17) is 12.2 Å². The van der Waals surface area contributed by atoms with Gasteiger partial charge in [0.05, 0.1) is 0 Å². The maximum atomic E-state index is 13.1. The number of thiocarbonyl (C=S) groups is 1. The summed E-state index contributed by atoms with van der Waals surface area (Å²) in [6.45, 7) is 0. The number of hydrogen-bond donors (Lipinski definition) is 3. The summed E-state index contributed by atoms with van der Waals surface area (Å²) in [5.41, 5.74) is 2.45. The lowest BCUT2D eigenvalue weighted by molar-refractivity contribution is -0.117. The minimum absolute atomic E-state index is 0.186. The lowest BCUT2D eigenvalue weighted by Crippen LogP contribution is -2.39. The van der Waals surface area contributed by atoms with Crippen molar-refractivity contribution in [1.82, 2.24) is 5.32 Å². The van der Waals surface area contributed by atoms with E-state index in [1.807, 2.05) is 91.0 Å². The van der Waals surface area contributed by atoms with Crippen LogP contribution in [0.3, 0.4) is 0 Å². The van der Waals surface area contributed by atoms with Crippen molar-refractivity contribution in [2.24, 2.45) is 0 Å². The quantitative estimate of drug-likeness (QED) is 0.379. The van der Waals surface area contributed by atoms with Gasteiger partial charge in [-0.15, -0.1) is 0 Å². The Balaban J connectivity index is 1.55. The number of anilines is 2. The fourth-order valence-corrected chi connectivity index (χ4v) is 3.53. The molecule has 3 N–H and O–H groups in total. The summed E-state index contributed by atoms with van der Waals surface area (Å²) in [5.74, 6) is -0.186. The second kappa shape index (κ2) is 9.20. The molecule has 4 rings (SSSR count). The second-order valence-corrected chi connectivity index (χ2v) is 7.23. The smallest absolute Gasteiger partial charge is 0.251 e. The molecular formula is C25H21N3OS. The van der Waals surface area contributed by atoms with Crippen LogP contribution in [0.4, 0.5) is 11.4 Å². The minimum Gasteiger partial charge on any atom is -0.347 e. The van der Waals surface area contributed by atoms with Crippen LogP contribution < -0.4 is 16.0 Å². The Labute approximate surface area is 180 Å². The number of para-hydroxylation sites is 1. The van der Waals surface area contributed by atoms with Gasteiger partial charge in [-0.1, -0.05) is 84.9 Å². The summed E-state index contributed by atoms with van der Waals surface area (Å²) in [6.07, 6.45) is 0. The summed E-state index contributed by atoms with van der Waals surface area (Å²) < 4.78 is 0. The van der Waals surface area contributed by atoms with Crippen LogP contribution >= 0.6 is 12.2 Å². The van der Waals surface area contributed by atoms with E-state index in [2.05, 4.69) is 28.1 Å². The van der Waals surface area contributed by atoms with Gasteiger partial charge in [0.2, 0.25) is 0 Å². The van der Waals surface area contributed by atoms with Crippen LogP contribution in [-0.4, -0.2) is 11.0 Å². The molecule has 4 aromatic rings. The average molecular weight is 412 g/mol. The summed E-state index contributed by atoms with van der Waals surface area (Å²) in [4.78, 5) is 13.1. The molecule has 30 heavy (non-hydrogen) atoms. The topological polar surface area (TPSA) is 53.2 Å². The van der Waals surface area contributed by atoms with Crippen molar-refractivity contribution in [3.63, 3.8) is 0 Å². The first kappa shape index (κ1) is 19.6. The molecule has 148 valence electrons. The van der Waals surface area contributed by atoms with E-state index in [0.29, 0.717) is 5.11 Å². The lowest BCUT2D eigenvalue weighted by atomic mass is 10.1. The van der Waals surface area contributed by atoms with E-state index >= 15 is 0 Å². The Morgan fingerprint density at radius 1 is 0.700 bits per heavy atom. The third-order valence-corrected chi connectivity index (χ3v) is 4.97. The molecule has 4 aromatic carbocycles. The Hall–Kier alpha value is -3.70. The maximum absolute atomic E-state index is 13.1. The molecule has 1 atom stereocenters. The van der Waals surface area contributed by atoms with Crippen LogP contribution in [0.1, 0.15) is 11.6 Å².